The van der Waals surface area contributed by atoms with Gasteiger partial charge in [-0.2, -0.15) is 0 Å². The van der Waals surface area contributed by atoms with Crippen LogP contribution in [-0.2, 0) is 9.53 Å². The molecule has 2 heteroatoms. The minimum atomic E-state index is -0.173. The van der Waals surface area contributed by atoms with E-state index in [-0.39, 0.29) is 11.9 Å². The monoisotopic (exact) mass is 208 g/mol. The van der Waals surface area contributed by atoms with Gasteiger partial charge in [-0.3, -0.25) is 4.79 Å². The molecule has 1 unspecified atom stereocenters. The van der Waals surface area contributed by atoms with Crippen LogP contribution < -0.4 is 0 Å². The maximum Gasteiger partial charge on any atom is 0.305 e. The summed E-state index contributed by atoms with van der Waals surface area (Å²) in [6.07, 6.45) is 4.25. The fourth-order valence-electron chi connectivity index (χ4n) is 1.06. The Kier molecular flexibility index (Phi) is 6.43. The van der Waals surface area contributed by atoms with E-state index in [4.69, 9.17) is 4.74 Å². The predicted octanol–water partition coefficient (Wildman–Crippen LogP) is 3.26. The van der Waals surface area contributed by atoms with Gasteiger partial charge in [-0.25, -0.2) is 0 Å². The fraction of sp³-hybridized carbons (Fsp3) is 0.462. The van der Waals surface area contributed by atoms with E-state index in [1.54, 1.807) is 6.92 Å². The molecule has 0 saturated carbocycles. The summed E-state index contributed by atoms with van der Waals surface area (Å²) in [6, 6.07) is 0. The zero-order valence-corrected chi connectivity index (χ0v) is 9.88. The van der Waals surface area contributed by atoms with Gasteiger partial charge in [0, 0.05) is 12.3 Å². The summed E-state index contributed by atoms with van der Waals surface area (Å²) in [5.41, 5.74) is 2.05. The van der Waals surface area contributed by atoms with Crippen LogP contribution in [0.5, 0.6) is 0 Å². The Morgan fingerprint density at radius 3 is 2.47 bits per heavy atom. The van der Waals surface area contributed by atoms with Gasteiger partial charge in [0.15, 0.2) is 0 Å². The van der Waals surface area contributed by atoms with Crippen molar-refractivity contribution in [3.63, 3.8) is 0 Å². The van der Waals surface area contributed by atoms with Crippen molar-refractivity contribution in [2.75, 3.05) is 6.61 Å². The lowest BCUT2D eigenvalue weighted by Crippen LogP contribution is -2.05. The zero-order chi connectivity index (χ0) is 11.8. The Balaban J connectivity index is 4.23. The second-order valence-corrected chi connectivity index (χ2v) is 3.64. The lowest BCUT2D eigenvalue weighted by Gasteiger charge is -2.09. The molecule has 0 aliphatic heterocycles. The molecule has 0 aromatic carbocycles. The van der Waals surface area contributed by atoms with Crippen LogP contribution in [-0.4, -0.2) is 12.6 Å². The SMILES string of the molecule is C=CC(/C=C(\C)COC(=O)CC)C(=C)C. The Morgan fingerprint density at radius 1 is 1.47 bits per heavy atom. The van der Waals surface area contributed by atoms with E-state index in [0.29, 0.717) is 13.0 Å². The minimum absolute atomic E-state index is 0.158. The molecule has 0 bridgehead atoms. The van der Waals surface area contributed by atoms with Gasteiger partial charge < -0.3 is 4.74 Å². The molecular weight excluding hydrogens is 188 g/mol. The summed E-state index contributed by atoms with van der Waals surface area (Å²) in [5.74, 6) is -0.0152. The maximum atomic E-state index is 10.9. The molecule has 0 amide bonds. The van der Waals surface area contributed by atoms with Crippen LogP contribution in [0.2, 0.25) is 0 Å². The molecular formula is C13H20O2. The number of esters is 1. The molecule has 0 N–H and O–H groups in total. The van der Waals surface area contributed by atoms with E-state index >= 15 is 0 Å². The zero-order valence-electron chi connectivity index (χ0n) is 9.88. The molecule has 0 fully saturated rings. The van der Waals surface area contributed by atoms with Crippen molar-refractivity contribution in [2.24, 2.45) is 5.92 Å². The molecule has 0 saturated heterocycles. The molecule has 0 radical (unpaired) electrons. The van der Waals surface area contributed by atoms with Crippen LogP contribution >= 0.6 is 0 Å². The summed E-state index contributed by atoms with van der Waals surface area (Å²) in [4.78, 5) is 10.9. The Morgan fingerprint density at radius 2 is 2.07 bits per heavy atom. The molecule has 84 valence electrons. The van der Waals surface area contributed by atoms with Crippen molar-refractivity contribution in [3.05, 3.63) is 36.5 Å². The first kappa shape index (κ1) is 13.7. The van der Waals surface area contributed by atoms with E-state index < -0.39 is 0 Å². The molecule has 15 heavy (non-hydrogen) atoms. The smallest absolute Gasteiger partial charge is 0.305 e. The molecule has 0 spiro atoms. The topological polar surface area (TPSA) is 26.3 Å². The maximum absolute atomic E-state index is 10.9. The van der Waals surface area contributed by atoms with Crippen molar-refractivity contribution in [1.82, 2.24) is 0 Å². The summed E-state index contributed by atoms with van der Waals surface area (Å²) in [7, 11) is 0. The Bertz CT molecular complexity index is 274. The van der Waals surface area contributed by atoms with Crippen LogP contribution in [0.3, 0.4) is 0 Å². The molecule has 0 aromatic rings. The molecule has 0 heterocycles. The molecule has 0 aliphatic rings. The average molecular weight is 208 g/mol. The van der Waals surface area contributed by atoms with Gasteiger partial charge >= 0.3 is 5.97 Å². The van der Waals surface area contributed by atoms with Crippen LogP contribution in [0.1, 0.15) is 27.2 Å². The third kappa shape index (κ3) is 5.89. The summed E-state index contributed by atoms with van der Waals surface area (Å²) < 4.78 is 5.01. The van der Waals surface area contributed by atoms with Crippen LogP contribution in [0.25, 0.3) is 0 Å². The molecule has 1 atom stereocenters. The lowest BCUT2D eigenvalue weighted by atomic mass is 10.00. The van der Waals surface area contributed by atoms with E-state index in [0.717, 1.165) is 11.1 Å². The highest BCUT2D eigenvalue weighted by Gasteiger charge is 2.03. The number of carbonyl (C=O) groups excluding carboxylic acids is 1. The number of carbonyl (C=O) groups is 1. The average Bonchev–Trinajstić information content (AvgIpc) is 2.21. The van der Waals surface area contributed by atoms with Crippen LogP contribution in [0, 0.1) is 5.92 Å². The van der Waals surface area contributed by atoms with Crippen LogP contribution in [0.15, 0.2) is 36.5 Å². The van der Waals surface area contributed by atoms with Crippen LogP contribution in [0.4, 0.5) is 0 Å². The van der Waals surface area contributed by atoms with Gasteiger partial charge in [0.25, 0.3) is 0 Å². The highest BCUT2D eigenvalue weighted by atomic mass is 16.5. The third-order valence-electron chi connectivity index (χ3n) is 2.04. The van der Waals surface area contributed by atoms with Crippen molar-refractivity contribution in [2.45, 2.75) is 27.2 Å². The first-order chi connectivity index (χ1) is 7.01. The fourth-order valence-corrected chi connectivity index (χ4v) is 1.06. The summed E-state index contributed by atoms with van der Waals surface area (Å²) in [6.45, 7) is 13.6. The Hall–Kier alpha value is -1.31. The number of ether oxygens (including phenoxy) is 1. The number of hydrogen-bond acceptors (Lipinski definition) is 2. The van der Waals surface area contributed by atoms with Crippen molar-refractivity contribution < 1.29 is 9.53 Å². The normalized spacial score (nSPS) is 13.1. The van der Waals surface area contributed by atoms with E-state index in [1.165, 1.54) is 0 Å². The molecule has 0 aliphatic carbocycles. The quantitative estimate of drug-likeness (QED) is 0.494. The van der Waals surface area contributed by atoms with Gasteiger partial charge in [-0.1, -0.05) is 31.2 Å². The number of allylic oxidation sites excluding steroid dienone is 3. The lowest BCUT2D eigenvalue weighted by molar-refractivity contribution is -0.142. The highest BCUT2D eigenvalue weighted by Crippen LogP contribution is 2.13. The van der Waals surface area contributed by atoms with E-state index in [2.05, 4.69) is 13.2 Å². The third-order valence-corrected chi connectivity index (χ3v) is 2.04. The molecule has 0 aromatic heterocycles. The van der Waals surface area contributed by atoms with Gasteiger partial charge in [0.2, 0.25) is 0 Å². The van der Waals surface area contributed by atoms with E-state index in [9.17, 15) is 4.79 Å². The van der Waals surface area contributed by atoms with Crippen molar-refractivity contribution in [3.8, 4) is 0 Å². The largest absolute Gasteiger partial charge is 0.461 e. The summed E-state index contributed by atoms with van der Waals surface area (Å²) in [5, 5.41) is 0. The predicted molar refractivity (Wildman–Crippen MR) is 63.5 cm³/mol. The minimum Gasteiger partial charge on any atom is -0.461 e. The second kappa shape index (κ2) is 7.04. The van der Waals surface area contributed by atoms with E-state index in [1.807, 2.05) is 26.0 Å². The molecule has 0 rings (SSSR count). The van der Waals surface area contributed by atoms with Gasteiger partial charge in [0.1, 0.15) is 6.61 Å². The first-order valence-corrected chi connectivity index (χ1v) is 5.12. The standard InChI is InChI=1S/C13H20O2/c1-6-12(10(3)4)8-11(5)9-15-13(14)7-2/h6,8,12H,1,3,7,9H2,2,4-5H3/b11-8+. The highest BCUT2D eigenvalue weighted by molar-refractivity contribution is 5.69. The number of hydrogen-bond donors (Lipinski definition) is 0. The Labute approximate surface area is 92.3 Å². The molecule has 2 nitrogen and oxygen atoms in total. The van der Waals surface area contributed by atoms with Gasteiger partial charge in [-0.15, -0.1) is 6.58 Å². The number of rotatable bonds is 6. The first-order valence-electron chi connectivity index (χ1n) is 5.12. The van der Waals surface area contributed by atoms with Gasteiger partial charge in [0.05, 0.1) is 0 Å². The van der Waals surface area contributed by atoms with Crippen molar-refractivity contribution >= 4 is 5.97 Å². The van der Waals surface area contributed by atoms with Crippen molar-refractivity contribution in [1.29, 1.82) is 0 Å². The second-order valence-electron chi connectivity index (χ2n) is 3.64. The summed E-state index contributed by atoms with van der Waals surface area (Å²) >= 11 is 0. The van der Waals surface area contributed by atoms with Gasteiger partial charge in [-0.05, 0) is 19.4 Å².